The Morgan fingerprint density at radius 3 is 2.40 bits per heavy atom. The molecule has 0 bridgehead atoms. The number of furan rings is 1. The predicted molar refractivity (Wildman–Crippen MR) is 132 cm³/mol. The van der Waals surface area contributed by atoms with E-state index in [0.29, 0.717) is 46.9 Å². The van der Waals surface area contributed by atoms with Crippen molar-refractivity contribution in [1.82, 2.24) is 19.9 Å². The van der Waals surface area contributed by atoms with E-state index in [1.807, 2.05) is 55.1 Å². The van der Waals surface area contributed by atoms with Gasteiger partial charge in [0, 0.05) is 42.0 Å². The molecular formula is C27H28N4O4. The number of carbonyl (C=O) groups excluding carboxylic acids is 1. The Hall–Kier alpha value is -3.62. The van der Waals surface area contributed by atoms with Gasteiger partial charge in [-0.3, -0.25) is 9.78 Å². The van der Waals surface area contributed by atoms with E-state index in [9.17, 15) is 9.90 Å². The number of amides is 1. The molecule has 35 heavy (non-hydrogen) atoms. The zero-order valence-corrected chi connectivity index (χ0v) is 20.2. The second-order valence-corrected chi connectivity index (χ2v) is 9.58. The van der Waals surface area contributed by atoms with Crippen LogP contribution in [0.25, 0.3) is 33.7 Å². The maximum Gasteiger partial charge on any atom is 0.254 e. The van der Waals surface area contributed by atoms with E-state index in [4.69, 9.17) is 9.15 Å². The van der Waals surface area contributed by atoms with Gasteiger partial charge in [0.15, 0.2) is 5.58 Å². The van der Waals surface area contributed by atoms with E-state index in [1.54, 1.807) is 26.1 Å². The van der Waals surface area contributed by atoms with Crippen LogP contribution in [0.15, 0.2) is 59.4 Å². The van der Waals surface area contributed by atoms with E-state index in [1.165, 1.54) is 6.33 Å². The summed E-state index contributed by atoms with van der Waals surface area (Å²) in [6.07, 6.45) is 3.18. The summed E-state index contributed by atoms with van der Waals surface area (Å²) >= 11 is 0. The Morgan fingerprint density at radius 1 is 1.00 bits per heavy atom. The van der Waals surface area contributed by atoms with Crippen LogP contribution in [-0.4, -0.2) is 56.2 Å². The average molecular weight is 473 g/mol. The molecule has 0 saturated carbocycles. The number of hydrogen-bond donors (Lipinski definition) is 1. The molecule has 4 heterocycles. The molecular weight excluding hydrogens is 444 g/mol. The number of carbonyl (C=O) groups is 1. The van der Waals surface area contributed by atoms with Crippen LogP contribution < -0.4 is 0 Å². The highest BCUT2D eigenvalue weighted by Crippen LogP contribution is 2.33. The lowest BCUT2D eigenvalue weighted by Gasteiger charge is -2.35. The molecule has 1 aromatic carbocycles. The van der Waals surface area contributed by atoms with E-state index >= 15 is 0 Å². The Kier molecular flexibility index (Phi) is 5.86. The third-order valence-corrected chi connectivity index (χ3v) is 6.09. The number of aliphatic hydroxyl groups is 1. The lowest BCUT2D eigenvalue weighted by atomic mass is 10.0. The molecule has 1 saturated heterocycles. The quantitative estimate of drug-likeness (QED) is 0.469. The molecule has 1 aliphatic heterocycles. The van der Waals surface area contributed by atoms with Gasteiger partial charge in [0.05, 0.1) is 17.9 Å². The van der Waals surface area contributed by atoms with Crippen molar-refractivity contribution in [1.29, 1.82) is 0 Å². The van der Waals surface area contributed by atoms with Crippen LogP contribution in [0.1, 0.15) is 43.7 Å². The number of ether oxygens (including phenoxy) is 1. The third-order valence-electron chi connectivity index (χ3n) is 6.09. The van der Waals surface area contributed by atoms with Crippen LogP contribution in [0.5, 0.6) is 0 Å². The SMILES string of the molecule is C[C@@H]1CN(C(=O)c2ccc(-c3cc4ncnc(-c5ccnc(C(C)(C)O)c5)c4o3)cc2)C[C@H](C)O1. The van der Waals surface area contributed by atoms with Crippen molar-refractivity contribution in [3.63, 3.8) is 0 Å². The van der Waals surface area contributed by atoms with Gasteiger partial charge in [0.2, 0.25) is 0 Å². The first-order valence-corrected chi connectivity index (χ1v) is 11.7. The zero-order chi connectivity index (χ0) is 24.7. The highest BCUT2D eigenvalue weighted by molar-refractivity contribution is 5.95. The fraction of sp³-hybridized carbons (Fsp3) is 0.333. The average Bonchev–Trinajstić information content (AvgIpc) is 3.27. The Bertz CT molecular complexity index is 1360. The first-order chi connectivity index (χ1) is 16.7. The van der Waals surface area contributed by atoms with Crippen LogP contribution in [0.4, 0.5) is 0 Å². The van der Waals surface area contributed by atoms with Crippen molar-refractivity contribution in [2.45, 2.75) is 45.5 Å². The minimum Gasteiger partial charge on any atom is -0.452 e. The van der Waals surface area contributed by atoms with Crippen LogP contribution in [0.3, 0.4) is 0 Å². The molecule has 0 radical (unpaired) electrons. The number of fused-ring (bicyclic) bond motifs is 1. The van der Waals surface area contributed by atoms with Gasteiger partial charge in [-0.2, -0.15) is 0 Å². The largest absolute Gasteiger partial charge is 0.452 e. The lowest BCUT2D eigenvalue weighted by molar-refractivity contribution is -0.0586. The van der Waals surface area contributed by atoms with E-state index < -0.39 is 5.60 Å². The number of pyridine rings is 1. The summed E-state index contributed by atoms with van der Waals surface area (Å²) in [5, 5.41) is 10.3. The molecule has 2 atom stereocenters. The number of benzene rings is 1. The van der Waals surface area contributed by atoms with Crippen molar-refractivity contribution >= 4 is 17.0 Å². The van der Waals surface area contributed by atoms with Gasteiger partial charge in [-0.15, -0.1) is 0 Å². The highest BCUT2D eigenvalue weighted by Gasteiger charge is 2.26. The molecule has 1 aliphatic rings. The second kappa shape index (κ2) is 8.87. The minimum atomic E-state index is -1.08. The fourth-order valence-corrected chi connectivity index (χ4v) is 4.42. The van der Waals surface area contributed by atoms with Crippen LogP contribution in [0, 0.1) is 0 Å². The highest BCUT2D eigenvalue weighted by atomic mass is 16.5. The van der Waals surface area contributed by atoms with Crippen molar-refractivity contribution in [2.24, 2.45) is 0 Å². The fourth-order valence-electron chi connectivity index (χ4n) is 4.42. The van der Waals surface area contributed by atoms with Crippen LogP contribution >= 0.6 is 0 Å². The van der Waals surface area contributed by atoms with Gasteiger partial charge in [0.25, 0.3) is 5.91 Å². The molecule has 4 aromatic rings. The van der Waals surface area contributed by atoms with Crippen LogP contribution in [-0.2, 0) is 10.3 Å². The van der Waals surface area contributed by atoms with Gasteiger partial charge in [-0.1, -0.05) is 12.1 Å². The molecule has 0 spiro atoms. The Balaban J connectivity index is 1.44. The number of morpholine rings is 1. The molecule has 8 nitrogen and oxygen atoms in total. The number of nitrogens with zero attached hydrogens (tertiary/aromatic N) is 4. The van der Waals surface area contributed by atoms with Crippen LogP contribution in [0.2, 0.25) is 0 Å². The first-order valence-electron chi connectivity index (χ1n) is 11.7. The lowest BCUT2D eigenvalue weighted by Crippen LogP contribution is -2.48. The van der Waals surface area contributed by atoms with E-state index in [-0.39, 0.29) is 18.1 Å². The monoisotopic (exact) mass is 472 g/mol. The molecule has 0 aliphatic carbocycles. The van der Waals surface area contributed by atoms with Gasteiger partial charge in [-0.05, 0) is 52.0 Å². The first kappa shape index (κ1) is 23.1. The van der Waals surface area contributed by atoms with Crippen molar-refractivity contribution in [3.05, 3.63) is 66.2 Å². The summed E-state index contributed by atoms with van der Waals surface area (Å²) in [4.78, 5) is 27.9. The predicted octanol–water partition coefficient (Wildman–Crippen LogP) is 4.43. The Morgan fingerprint density at radius 2 is 1.71 bits per heavy atom. The molecule has 180 valence electrons. The summed E-state index contributed by atoms with van der Waals surface area (Å²) in [6.45, 7) is 8.51. The number of rotatable bonds is 4. The standard InChI is InChI=1S/C27H28N4O4/c1-16-13-31(14-17(2)34-16)26(32)19-7-5-18(6-8-19)22-12-21-25(35-22)24(30-15-29-21)20-9-10-28-23(11-20)27(3,4)33/h5-12,15-17,33H,13-14H2,1-4H3/t16-,17+. The van der Waals surface area contributed by atoms with Gasteiger partial charge >= 0.3 is 0 Å². The van der Waals surface area contributed by atoms with Gasteiger partial charge < -0.3 is 19.2 Å². The molecule has 8 heteroatoms. The summed E-state index contributed by atoms with van der Waals surface area (Å²) in [5.41, 5.74) is 3.54. The number of aromatic nitrogens is 3. The third kappa shape index (κ3) is 4.67. The number of hydrogen-bond acceptors (Lipinski definition) is 7. The van der Waals surface area contributed by atoms with Gasteiger partial charge in [0.1, 0.15) is 28.9 Å². The molecule has 1 amide bonds. The normalized spacial score (nSPS) is 18.7. The molecule has 1 fully saturated rings. The van der Waals surface area contributed by atoms with Crippen molar-refractivity contribution in [2.75, 3.05) is 13.1 Å². The zero-order valence-electron chi connectivity index (χ0n) is 20.2. The smallest absolute Gasteiger partial charge is 0.254 e. The van der Waals surface area contributed by atoms with E-state index in [2.05, 4.69) is 15.0 Å². The molecule has 1 N–H and O–H groups in total. The minimum absolute atomic E-state index is 0.00314. The summed E-state index contributed by atoms with van der Waals surface area (Å²) in [7, 11) is 0. The topological polar surface area (TPSA) is 102 Å². The summed E-state index contributed by atoms with van der Waals surface area (Å²) < 4.78 is 11.9. The molecule has 3 aromatic heterocycles. The Labute approximate surface area is 203 Å². The van der Waals surface area contributed by atoms with E-state index in [0.717, 1.165) is 11.1 Å². The molecule has 0 unspecified atom stereocenters. The second-order valence-electron chi connectivity index (χ2n) is 9.58. The summed E-state index contributed by atoms with van der Waals surface area (Å²) in [5.74, 6) is 0.628. The maximum atomic E-state index is 13.0. The van der Waals surface area contributed by atoms with Crippen molar-refractivity contribution < 1.29 is 19.1 Å². The molecule has 5 rings (SSSR count). The van der Waals surface area contributed by atoms with Crippen molar-refractivity contribution in [3.8, 4) is 22.6 Å². The maximum absolute atomic E-state index is 13.0. The van der Waals surface area contributed by atoms with Gasteiger partial charge in [-0.25, -0.2) is 9.97 Å². The summed E-state index contributed by atoms with van der Waals surface area (Å²) in [6, 6.07) is 12.9.